The molecule has 2 aromatic carbocycles. The van der Waals surface area contributed by atoms with E-state index in [1.807, 2.05) is 11.8 Å². The second-order valence-electron chi connectivity index (χ2n) is 6.98. The first-order valence-corrected chi connectivity index (χ1v) is 10.1. The molecule has 24 heavy (non-hydrogen) atoms. The Kier molecular flexibility index (Phi) is 5.68. The molecule has 0 spiro atoms. The van der Waals surface area contributed by atoms with Crippen LogP contribution in [-0.2, 0) is 0 Å². The van der Waals surface area contributed by atoms with E-state index >= 15 is 0 Å². The quantitative estimate of drug-likeness (QED) is 0.734. The highest BCUT2D eigenvalue weighted by molar-refractivity contribution is 7.99. The number of fused-ring (bicyclic) bond motifs is 1. The van der Waals surface area contributed by atoms with Crippen molar-refractivity contribution in [1.82, 2.24) is 0 Å². The van der Waals surface area contributed by atoms with Gasteiger partial charge in [0.15, 0.2) is 0 Å². The predicted octanol–water partition coefficient (Wildman–Crippen LogP) is 5.87. The summed E-state index contributed by atoms with van der Waals surface area (Å²) in [5.74, 6) is 1.07. The molecule has 128 valence electrons. The second-order valence-corrected chi connectivity index (χ2v) is 8.00. The van der Waals surface area contributed by atoms with Gasteiger partial charge >= 0.3 is 0 Å². The Labute approximate surface area is 150 Å². The lowest BCUT2D eigenvalue weighted by Gasteiger charge is -2.39. The van der Waals surface area contributed by atoms with Gasteiger partial charge in [-0.15, -0.1) is 11.8 Å². The monoisotopic (exact) mass is 340 g/mol. The minimum atomic E-state index is -0.340. The molecule has 0 radical (unpaired) electrons. The molecule has 1 unspecified atom stereocenters. The van der Waals surface area contributed by atoms with E-state index in [9.17, 15) is 5.11 Å². The van der Waals surface area contributed by atoms with Crippen molar-refractivity contribution >= 4 is 11.8 Å². The Balaban J connectivity index is 2.09. The summed E-state index contributed by atoms with van der Waals surface area (Å²) in [5, 5.41) is 11.6. The Morgan fingerprint density at radius 1 is 1.04 bits per heavy atom. The first kappa shape index (κ1) is 17.6. The lowest BCUT2D eigenvalue weighted by atomic mass is 9.69. The summed E-state index contributed by atoms with van der Waals surface area (Å²) in [4.78, 5) is 1.33. The third-order valence-corrected chi connectivity index (χ3v) is 7.01. The lowest BCUT2D eigenvalue weighted by molar-refractivity contribution is 0.0182. The average molecular weight is 341 g/mol. The summed E-state index contributed by atoms with van der Waals surface area (Å²) in [7, 11) is 0. The van der Waals surface area contributed by atoms with Crippen LogP contribution in [0.4, 0.5) is 0 Å². The summed E-state index contributed by atoms with van der Waals surface area (Å²) < 4.78 is 0. The number of rotatable bonds is 5. The van der Waals surface area contributed by atoms with Gasteiger partial charge < -0.3 is 5.11 Å². The molecule has 0 saturated carbocycles. The van der Waals surface area contributed by atoms with Crippen molar-refractivity contribution in [3.63, 3.8) is 0 Å². The van der Waals surface area contributed by atoms with E-state index in [1.165, 1.54) is 28.9 Å². The molecule has 1 nitrogen and oxygen atoms in total. The topological polar surface area (TPSA) is 20.2 Å². The van der Waals surface area contributed by atoms with Gasteiger partial charge in [-0.3, -0.25) is 0 Å². The van der Waals surface area contributed by atoms with E-state index in [0.29, 0.717) is 0 Å². The summed E-state index contributed by atoms with van der Waals surface area (Å²) in [6.45, 7) is 4.49. The van der Waals surface area contributed by atoms with Gasteiger partial charge in [0.1, 0.15) is 0 Å². The Morgan fingerprint density at radius 2 is 1.75 bits per heavy atom. The number of benzene rings is 2. The predicted molar refractivity (Wildman–Crippen MR) is 104 cm³/mol. The zero-order valence-electron chi connectivity index (χ0n) is 14.7. The highest BCUT2D eigenvalue weighted by atomic mass is 32.2. The molecule has 1 heterocycles. The minimum Gasteiger partial charge on any atom is -0.392 e. The molecule has 2 aromatic rings. The number of hydrogen-bond donors (Lipinski definition) is 1. The van der Waals surface area contributed by atoms with E-state index in [0.717, 1.165) is 18.6 Å². The SMILES string of the molecule is CCCC[C@]1(CC)CSc2ccccc2C(c2ccccc2)[C@H]1O. The average Bonchev–Trinajstić information content (AvgIpc) is 2.76. The number of hydrogen-bond acceptors (Lipinski definition) is 2. The van der Waals surface area contributed by atoms with Gasteiger partial charge in [0.2, 0.25) is 0 Å². The molecule has 0 amide bonds. The molecule has 2 heteroatoms. The van der Waals surface area contributed by atoms with Crippen LogP contribution in [0.5, 0.6) is 0 Å². The lowest BCUT2D eigenvalue weighted by Crippen LogP contribution is -2.40. The van der Waals surface area contributed by atoms with Gasteiger partial charge in [0.05, 0.1) is 6.10 Å². The van der Waals surface area contributed by atoms with E-state index in [4.69, 9.17) is 0 Å². The maximum atomic E-state index is 11.6. The van der Waals surface area contributed by atoms with Crippen LogP contribution in [0.2, 0.25) is 0 Å². The molecule has 1 aliphatic heterocycles. The number of aliphatic hydroxyl groups excluding tert-OH is 1. The standard InChI is InChI=1S/C22H28OS/c1-3-5-15-22(4-2)16-24-19-14-10-9-13-18(19)20(21(22)23)17-11-7-6-8-12-17/h6-14,20-21,23H,3-5,15-16H2,1-2H3/t20?,21-,22-/m1/s1. The zero-order chi connectivity index (χ0) is 17.0. The van der Waals surface area contributed by atoms with E-state index in [-0.39, 0.29) is 17.4 Å². The van der Waals surface area contributed by atoms with Crippen LogP contribution < -0.4 is 0 Å². The molecule has 0 aromatic heterocycles. The fourth-order valence-electron chi connectivity index (χ4n) is 3.96. The van der Waals surface area contributed by atoms with Crippen LogP contribution in [0.15, 0.2) is 59.5 Å². The Morgan fingerprint density at radius 3 is 2.46 bits per heavy atom. The molecule has 3 rings (SSSR count). The Hall–Kier alpha value is -1.25. The van der Waals surface area contributed by atoms with Crippen LogP contribution in [-0.4, -0.2) is 17.0 Å². The number of thioether (sulfide) groups is 1. The first-order chi connectivity index (χ1) is 11.7. The summed E-state index contributed by atoms with van der Waals surface area (Å²) in [6, 6.07) is 19.2. The molecular weight excluding hydrogens is 312 g/mol. The third kappa shape index (κ3) is 3.27. The molecule has 0 saturated heterocycles. The largest absolute Gasteiger partial charge is 0.392 e. The minimum absolute atomic E-state index is 0.0137. The fraction of sp³-hybridized carbons (Fsp3) is 0.455. The first-order valence-electron chi connectivity index (χ1n) is 9.16. The van der Waals surface area contributed by atoms with Gasteiger partial charge in [-0.1, -0.05) is 75.2 Å². The highest BCUT2D eigenvalue weighted by Crippen LogP contribution is 2.50. The van der Waals surface area contributed by atoms with Gasteiger partial charge in [0, 0.05) is 22.0 Å². The zero-order valence-corrected chi connectivity index (χ0v) is 15.6. The molecule has 0 fully saturated rings. The fourth-order valence-corrected chi connectivity index (χ4v) is 5.46. The summed E-state index contributed by atoms with van der Waals surface area (Å²) in [5.41, 5.74) is 2.50. The molecule has 1 N–H and O–H groups in total. The van der Waals surface area contributed by atoms with E-state index in [1.54, 1.807) is 0 Å². The molecule has 1 aliphatic rings. The van der Waals surface area contributed by atoms with Crippen molar-refractivity contribution < 1.29 is 5.11 Å². The van der Waals surface area contributed by atoms with Crippen molar-refractivity contribution in [2.45, 2.75) is 56.4 Å². The van der Waals surface area contributed by atoms with Crippen molar-refractivity contribution in [1.29, 1.82) is 0 Å². The van der Waals surface area contributed by atoms with Gasteiger partial charge in [-0.05, 0) is 30.0 Å². The van der Waals surface area contributed by atoms with Crippen LogP contribution in [0.1, 0.15) is 56.6 Å². The van der Waals surface area contributed by atoms with Gasteiger partial charge in [0.25, 0.3) is 0 Å². The van der Waals surface area contributed by atoms with E-state index in [2.05, 4.69) is 68.4 Å². The normalized spacial score (nSPS) is 26.6. The van der Waals surface area contributed by atoms with Crippen LogP contribution in [0.25, 0.3) is 0 Å². The van der Waals surface area contributed by atoms with Gasteiger partial charge in [-0.25, -0.2) is 0 Å². The molecule has 0 aliphatic carbocycles. The molecule has 3 atom stereocenters. The van der Waals surface area contributed by atoms with Crippen molar-refractivity contribution in [2.24, 2.45) is 5.41 Å². The second kappa shape index (κ2) is 7.76. The molecular formula is C22H28OS. The van der Waals surface area contributed by atoms with Crippen molar-refractivity contribution in [3.05, 3.63) is 65.7 Å². The van der Waals surface area contributed by atoms with E-state index < -0.39 is 0 Å². The van der Waals surface area contributed by atoms with Crippen LogP contribution in [0, 0.1) is 5.41 Å². The third-order valence-electron chi connectivity index (χ3n) is 5.60. The van der Waals surface area contributed by atoms with Crippen molar-refractivity contribution in [3.8, 4) is 0 Å². The molecule has 0 bridgehead atoms. The smallest absolute Gasteiger partial charge is 0.0713 e. The van der Waals surface area contributed by atoms with Crippen LogP contribution in [0.3, 0.4) is 0 Å². The summed E-state index contributed by atoms with van der Waals surface area (Å²) in [6.07, 6.45) is 4.16. The highest BCUT2D eigenvalue weighted by Gasteiger charge is 2.44. The number of unbranched alkanes of at least 4 members (excludes halogenated alkanes) is 1. The van der Waals surface area contributed by atoms with Crippen molar-refractivity contribution in [2.75, 3.05) is 5.75 Å². The number of aliphatic hydroxyl groups is 1. The maximum absolute atomic E-state index is 11.6. The van der Waals surface area contributed by atoms with Gasteiger partial charge in [-0.2, -0.15) is 0 Å². The maximum Gasteiger partial charge on any atom is 0.0713 e. The van der Waals surface area contributed by atoms with Crippen LogP contribution >= 0.6 is 11.8 Å². The summed E-state index contributed by atoms with van der Waals surface area (Å²) >= 11 is 1.93. The Bertz CT molecular complexity index is 654.